The predicted molar refractivity (Wildman–Crippen MR) is 78.2 cm³/mol. The fourth-order valence-electron chi connectivity index (χ4n) is 1.55. The van der Waals surface area contributed by atoms with Crippen molar-refractivity contribution in [2.75, 3.05) is 5.32 Å². The van der Waals surface area contributed by atoms with Crippen molar-refractivity contribution in [3.63, 3.8) is 0 Å². The van der Waals surface area contributed by atoms with Gasteiger partial charge in [0.15, 0.2) is 0 Å². The first-order chi connectivity index (χ1) is 9.51. The summed E-state index contributed by atoms with van der Waals surface area (Å²) < 4.78 is 27.9. The van der Waals surface area contributed by atoms with Gasteiger partial charge in [0.05, 0.1) is 22.9 Å². The molecule has 0 spiro atoms. The Morgan fingerprint density at radius 3 is 2.50 bits per heavy atom. The van der Waals surface area contributed by atoms with Crippen molar-refractivity contribution in [1.82, 2.24) is 0 Å². The SMILES string of the molecule is N#Cc1ccc(C(=O)Nc2ccc(I)cc2F)c(F)c1. The van der Waals surface area contributed by atoms with E-state index in [9.17, 15) is 13.6 Å². The average molecular weight is 384 g/mol. The molecule has 0 saturated carbocycles. The molecule has 0 bridgehead atoms. The molecule has 2 rings (SSSR count). The lowest BCUT2D eigenvalue weighted by molar-refractivity contribution is 0.102. The number of halogens is 3. The molecular weight excluding hydrogens is 377 g/mol. The summed E-state index contributed by atoms with van der Waals surface area (Å²) in [6, 6.07) is 9.51. The number of nitrogens with zero attached hydrogens (tertiary/aromatic N) is 1. The normalized spacial score (nSPS) is 9.90. The second-order valence-corrected chi connectivity index (χ2v) is 5.13. The molecule has 0 aliphatic rings. The zero-order valence-electron chi connectivity index (χ0n) is 9.95. The Bertz CT molecular complexity index is 726. The molecule has 0 unspecified atom stereocenters. The number of anilines is 1. The minimum atomic E-state index is -0.826. The third-order valence-electron chi connectivity index (χ3n) is 2.52. The minimum absolute atomic E-state index is 0.0285. The molecule has 100 valence electrons. The van der Waals surface area contributed by atoms with Gasteiger partial charge >= 0.3 is 0 Å². The van der Waals surface area contributed by atoms with E-state index in [0.29, 0.717) is 3.57 Å². The van der Waals surface area contributed by atoms with Gasteiger partial charge in [0.2, 0.25) is 0 Å². The summed E-state index contributed by atoms with van der Waals surface area (Å²) in [6.45, 7) is 0. The van der Waals surface area contributed by atoms with Crippen LogP contribution < -0.4 is 5.32 Å². The second-order valence-electron chi connectivity index (χ2n) is 3.88. The van der Waals surface area contributed by atoms with Crippen molar-refractivity contribution in [3.05, 3.63) is 62.7 Å². The number of hydrogen-bond donors (Lipinski definition) is 1. The topological polar surface area (TPSA) is 52.9 Å². The average Bonchev–Trinajstić information content (AvgIpc) is 2.41. The van der Waals surface area contributed by atoms with Gasteiger partial charge in [0.25, 0.3) is 5.91 Å². The smallest absolute Gasteiger partial charge is 0.258 e. The Balaban J connectivity index is 2.26. The molecule has 0 atom stereocenters. The van der Waals surface area contributed by atoms with E-state index in [1.54, 1.807) is 12.1 Å². The summed E-state index contributed by atoms with van der Waals surface area (Å²) in [5.41, 5.74) is -0.166. The number of amides is 1. The van der Waals surface area contributed by atoms with E-state index in [0.717, 1.165) is 6.07 Å². The van der Waals surface area contributed by atoms with Crippen LogP contribution in [0.5, 0.6) is 0 Å². The van der Waals surface area contributed by atoms with Crippen molar-refractivity contribution >= 4 is 34.2 Å². The van der Waals surface area contributed by atoms with Crippen molar-refractivity contribution in [2.24, 2.45) is 0 Å². The quantitative estimate of drug-likeness (QED) is 0.804. The first-order valence-electron chi connectivity index (χ1n) is 5.47. The maximum absolute atomic E-state index is 13.6. The molecule has 0 aliphatic heterocycles. The highest BCUT2D eigenvalue weighted by molar-refractivity contribution is 14.1. The fraction of sp³-hybridized carbons (Fsp3) is 0. The molecule has 3 nitrogen and oxygen atoms in total. The van der Waals surface area contributed by atoms with E-state index >= 15 is 0 Å². The zero-order valence-corrected chi connectivity index (χ0v) is 12.1. The van der Waals surface area contributed by atoms with Gasteiger partial charge in [-0.25, -0.2) is 8.78 Å². The number of rotatable bonds is 2. The first kappa shape index (κ1) is 14.4. The van der Waals surface area contributed by atoms with E-state index in [1.807, 2.05) is 22.6 Å². The Morgan fingerprint density at radius 2 is 1.90 bits per heavy atom. The molecule has 0 aromatic heterocycles. The largest absolute Gasteiger partial charge is 0.319 e. The summed E-state index contributed by atoms with van der Waals surface area (Å²) in [6.07, 6.45) is 0. The maximum atomic E-state index is 13.6. The Kier molecular flexibility index (Phi) is 4.29. The fourth-order valence-corrected chi connectivity index (χ4v) is 2.00. The van der Waals surface area contributed by atoms with Crippen molar-refractivity contribution in [2.45, 2.75) is 0 Å². The first-order valence-corrected chi connectivity index (χ1v) is 6.55. The molecule has 0 aliphatic carbocycles. The highest BCUT2D eigenvalue weighted by Gasteiger charge is 2.14. The monoisotopic (exact) mass is 384 g/mol. The van der Waals surface area contributed by atoms with Gasteiger partial charge in [0.1, 0.15) is 11.6 Å². The molecular formula is C14H7F2IN2O. The van der Waals surface area contributed by atoms with Crippen LogP contribution in [0.2, 0.25) is 0 Å². The van der Waals surface area contributed by atoms with Crippen LogP contribution in [0.15, 0.2) is 36.4 Å². The summed E-state index contributed by atoms with van der Waals surface area (Å²) >= 11 is 1.94. The van der Waals surface area contributed by atoms with Crippen LogP contribution in [0.3, 0.4) is 0 Å². The maximum Gasteiger partial charge on any atom is 0.258 e. The summed E-state index contributed by atoms with van der Waals surface area (Å²) in [4.78, 5) is 11.9. The van der Waals surface area contributed by atoms with Gasteiger partial charge in [-0.05, 0) is 59.0 Å². The van der Waals surface area contributed by atoms with Gasteiger partial charge in [-0.15, -0.1) is 0 Å². The molecule has 1 N–H and O–H groups in total. The van der Waals surface area contributed by atoms with Crippen LogP contribution in [0.25, 0.3) is 0 Å². The van der Waals surface area contributed by atoms with E-state index in [2.05, 4.69) is 5.32 Å². The number of nitriles is 1. The third-order valence-corrected chi connectivity index (χ3v) is 3.19. The van der Waals surface area contributed by atoms with Gasteiger partial charge in [-0.2, -0.15) is 5.26 Å². The minimum Gasteiger partial charge on any atom is -0.319 e. The van der Waals surface area contributed by atoms with Crippen LogP contribution in [-0.4, -0.2) is 5.91 Å². The summed E-state index contributed by atoms with van der Waals surface area (Å²) in [5, 5.41) is 10.9. The van der Waals surface area contributed by atoms with Crippen LogP contribution >= 0.6 is 22.6 Å². The van der Waals surface area contributed by atoms with Gasteiger partial charge in [-0.1, -0.05) is 0 Å². The van der Waals surface area contributed by atoms with Crippen LogP contribution in [0.1, 0.15) is 15.9 Å². The van der Waals surface area contributed by atoms with Gasteiger partial charge < -0.3 is 5.32 Å². The van der Waals surface area contributed by atoms with Crippen LogP contribution in [0, 0.1) is 26.5 Å². The number of hydrogen-bond acceptors (Lipinski definition) is 2. The Morgan fingerprint density at radius 1 is 1.15 bits per heavy atom. The molecule has 0 heterocycles. The molecule has 6 heteroatoms. The zero-order chi connectivity index (χ0) is 14.7. The summed E-state index contributed by atoms with van der Waals surface area (Å²) in [7, 11) is 0. The Hall–Kier alpha value is -2.01. The number of carbonyl (C=O) groups excluding carboxylic acids is 1. The highest BCUT2D eigenvalue weighted by atomic mass is 127. The lowest BCUT2D eigenvalue weighted by Crippen LogP contribution is -2.14. The van der Waals surface area contributed by atoms with E-state index in [-0.39, 0.29) is 16.8 Å². The van der Waals surface area contributed by atoms with Crippen LogP contribution in [-0.2, 0) is 0 Å². The Labute approximate surface area is 127 Å². The molecule has 0 fully saturated rings. The summed E-state index contributed by atoms with van der Waals surface area (Å²) in [5.74, 6) is -2.20. The highest BCUT2D eigenvalue weighted by Crippen LogP contribution is 2.19. The molecule has 20 heavy (non-hydrogen) atoms. The molecule has 0 radical (unpaired) electrons. The second kappa shape index (κ2) is 5.96. The molecule has 2 aromatic carbocycles. The van der Waals surface area contributed by atoms with E-state index < -0.39 is 17.5 Å². The van der Waals surface area contributed by atoms with Crippen LogP contribution in [0.4, 0.5) is 14.5 Å². The lowest BCUT2D eigenvalue weighted by atomic mass is 10.1. The van der Waals surface area contributed by atoms with Crippen molar-refractivity contribution < 1.29 is 13.6 Å². The lowest BCUT2D eigenvalue weighted by Gasteiger charge is -2.07. The molecule has 2 aromatic rings. The third kappa shape index (κ3) is 3.11. The number of carbonyl (C=O) groups is 1. The number of benzene rings is 2. The van der Waals surface area contributed by atoms with Gasteiger partial charge in [0, 0.05) is 3.57 Å². The van der Waals surface area contributed by atoms with Crippen molar-refractivity contribution in [3.8, 4) is 6.07 Å². The molecule has 0 saturated heterocycles. The number of nitrogens with one attached hydrogen (secondary N) is 1. The van der Waals surface area contributed by atoms with Gasteiger partial charge in [-0.3, -0.25) is 4.79 Å². The van der Waals surface area contributed by atoms with E-state index in [1.165, 1.54) is 24.3 Å². The predicted octanol–water partition coefficient (Wildman–Crippen LogP) is 3.69. The van der Waals surface area contributed by atoms with Crippen molar-refractivity contribution in [1.29, 1.82) is 5.26 Å². The standard InChI is InChI=1S/C14H7F2IN2O/c15-11-5-8(7-18)1-3-10(11)14(20)19-13-4-2-9(17)6-12(13)16/h1-6H,(H,19,20). The van der Waals surface area contributed by atoms with E-state index in [4.69, 9.17) is 5.26 Å². The molecule has 1 amide bonds.